The summed E-state index contributed by atoms with van der Waals surface area (Å²) in [4.78, 5) is 21.3. The molecule has 0 spiro atoms. The highest BCUT2D eigenvalue weighted by Gasteiger charge is 2.45. The van der Waals surface area contributed by atoms with Gasteiger partial charge < -0.3 is 15.1 Å². The molecule has 1 saturated heterocycles. The first-order valence-electron chi connectivity index (χ1n) is 8.57. The van der Waals surface area contributed by atoms with Crippen LogP contribution < -0.4 is 5.32 Å². The maximum atomic E-state index is 12.7. The van der Waals surface area contributed by atoms with Gasteiger partial charge in [0.15, 0.2) is 5.96 Å². The summed E-state index contributed by atoms with van der Waals surface area (Å²) in [7, 11) is 3.95. The van der Waals surface area contributed by atoms with Crippen LogP contribution in [0.4, 0.5) is 0 Å². The van der Waals surface area contributed by atoms with Gasteiger partial charge in [-0.2, -0.15) is 5.10 Å². The summed E-state index contributed by atoms with van der Waals surface area (Å²) < 4.78 is 1.80. The molecule has 3 rings (SSSR count). The van der Waals surface area contributed by atoms with Crippen LogP contribution in [0.3, 0.4) is 0 Å². The monoisotopic (exact) mass is 460 g/mol. The lowest BCUT2D eigenvalue weighted by atomic mass is 9.93. The molecule has 2 aliphatic heterocycles. The molecule has 25 heavy (non-hydrogen) atoms. The number of halogens is 1. The van der Waals surface area contributed by atoms with Crippen molar-refractivity contribution in [1.82, 2.24) is 24.9 Å². The number of likely N-dealkylation sites (N-methyl/N-ethyl adjacent to an activating group) is 1. The van der Waals surface area contributed by atoms with Crippen LogP contribution in [0.15, 0.2) is 17.4 Å². The van der Waals surface area contributed by atoms with Gasteiger partial charge >= 0.3 is 0 Å². The summed E-state index contributed by atoms with van der Waals surface area (Å²) in [6, 6.07) is 0.0472. The molecule has 140 valence electrons. The van der Waals surface area contributed by atoms with E-state index in [1.807, 2.05) is 31.4 Å². The Balaban J connectivity index is 0.00000225. The normalized spacial score (nSPS) is 23.7. The SMILES string of the molecule is CN1CCN=C1NC[C@@H]1CC(=O)N(C(C)(C)C)[C@H]1c1cnn(C)c1.I. The number of hydrogen-bond acceptors (Lipinski definition) is 5. The zero-order valence-electron chi connectivity index (χ0n) is 15.7. The zero-order valence-corrected chi connectivity index (χ0v) is 18.0. The second-order valence-electron chi connectivity index (χ2n) is 7.80. The number of carbonyl (C=O) groups excluding carboxylic acids is 1. The minimum absolute atomic E-state index is 0. The molecule has 0 saturated carbocycles. The molecule has 0 aliphatic carbocycles. The molecule has 2 aliphatic rings. The second kappa shape index (κ2) is 7.51. The minimum atomic E-state index is -0.214. The third-order valence-electron chi connectivity index (χ3n) is 4.80. The van der Waals surface area contributed by atoms with E-state index in [4.69, 9.17) is 0 Å². The maximum Gasteiger partial charge on any atom is 0.223 e. The van der Waals surface area contributed by atoms with Crippen molar-refractivity contribution in [3.05, 3.63) is 18.0 Å². The summed E-state index contributed by atoms with van der Waals surface area (Å²) in [5.41, 5.74) is 0.889. The molecule has 1 fully saturated rings. The third kappa shape index (κ3) is 4.09. The van der Waals surface area contributed by atoms with Crippen molar-refractivity contribution in [2.75, 3.05) is 26.7 Å². The third-order valence-corrected chi connectivity index (χ3v) is 4.80. The van der Waals surface area contributed by atoms with Crippen molar-refractivity contribution in [2.45, 2.75) is 38.8 Å². The Labute approximate surface area is 166 Å². The number of guanidine groups is 1. The summed E-state index contributed by atoms with van der Waals surface area (Å²) in [6.07, 6.45) is 4.46. The summed E-state index contributed by atoms with van der Waals surface area (Å²) in [5.74, 6) is 1.35. The predicted molar refractivity (Wildman–Crippen MR) is 109 cm³/mol. The molecule has 0 bridgehead atoms. The number of carbonyl (C=O) groups is 1. The number of aromatic nitrogens is 2. The number of amides is 1. The van der Waals surface area contributed by atoms with Gasteiger partial charge in [-0.1, -0.05) is 0 Å². The van der Waals surface area contributed by atoms with E-state index in [-0.39, 0.29) is 47.4 Å². The Hall–Kier alpha value is -1.32. The first kappa shape index (κ1) is 20.0. The molecule has 0 unspecified atom stereocenters. The molecule has 0 aromatic carbocycles. The number of nitrogens with zero attached hydrogens (tertiary/aromatic N) is 5. The van der Waals surface area contributed by atoms with Crippen molar-refractivity contribution in [3.8, 4) is 0 Å². The fourth-order valence-electron chi connectivity index (χ4n) is 3.74. The smallest absolute Gasteiger partial charge is 0.223 e. The first-order chi connectivity index (χ1) is 11.3. The number of aryl methyl sites for hydroxylation is 1. The molecule has 8 heteroatoms. The maximum absolute atomic E-state index is 12.7. The van der Waals surface area contributed by atoms with Crippen LogP contribution >= 0.6 is 24.0 Å². The van der Waals surface area contributed by atoms with Gasteiger partial charge in [0.25, 0.3) is 0 Å². The van der Waals surface area contributed by atoms with Crippen LogP contribution in [-0.2, 0) is 11.8 Å². The molecule has 0 radical (unpaired) electrons. The van der Waals surface area contributed by atoms with E-state index >= 15 is 0 Å². The van der Waals surface area contributed by atoms with Gasteiger partial charge in [0.1, 0.15) is 0 Å². The van der Waals surface area contributed by atoms with Crippen molar-refractivity contribution < 1.29 is 4.79 Å². The lowest BCUT2D eigenvalue weighted by Gasteiger charge is -2.38. The summed E-state index contributed by atoms with van der Waals surface area (Å²) >= 11 is 0. The van der Waals surface area contributed by atoms with E-state index < -0.39 is 0 Å². The van der Waals surface area contributed by atoms with Crippen LogP contribution in [0.1, 0.15) is 38.8 Å². The quantitative estimate of drug-likeness (QED) is 0.697. The average molecular weight is 460 g/mol. The predicted octanol–water partition coefficient (Wildman–Crippen LogP) is 1.62. The summed E-state index contributed by atoms with van der Waals surface area (Å²) in [5, 5.41) is 7.76. The highest BCUT2D eigenvalue weighted by Crippen LogP contribution is 2.41. The number of likely N-dealkylation sites (tertiary alicyclic amines) is 1. The fourth-order valence-corrected chi connectivity index (χ4v) is 3.74. The molecule has 1 aromatic rings. The van der Waals surface area contributed by atoms with Crippen molar-refractivity contribution in [3.63, 3.8) is 0 Å². The molecule has 3 heterocycles. The Morgan fingerprint density at radius 2 is 2.04 bits per heavy atom. The molecule has 1 N–H and O–H groups in total. The Morgan fingerprint density at radius 3 is 2.56 bits per heavy atom. The van der Waals surface area contributed by atoms with E-state index in [0.29, 0.717) is 6.42 Å². The van der Waals surface area contributed by atoms with E-state index in [9.17, 15) is 4.79 Å². The molecular formula is C17H29IN6O. The van der Waals surface area contributed by atoms with Crippen molar-refractivity contribution >= 4 is 35.8 Å². The lowest BCUT2D eigenvalue weighted by Crippen LogP contribution is -2.45. The molecule has 7 nitrogen and oxygen atoms in total. The molecule has 1 amide bonds. The van der Waals surface area contributed by atoms with Crippen LogP contribution in [0.2, 0.25) is 0 Å². The van der Waals surface area contributed by atoms with Crippen LogP contribution in [0, 0.1) is 5.92 Å². The number of aliphatic imine (C=N–C) groups is 1. The second-order valence-corrected chi connectivity index (χ2v) is 7.80. The van der Waals surface area contributed by atoms with E-state index in [1.165, 1.54) is 0 Å². The lowest BCUT2D eigenvalue weighted by molar-refractivity contribution is -0.133. The van der Waals surface area contributed by atoms with Gasteiger partial charge in [-0.05, 0) is 20.8 Å². The number of rotatable bonds is 3. The van der Waals surface area contributed by atoms with Crippen LogP contribution in [0.25, 0.3) is 0 Å². The number of hydrogen-bond donors (Lipinski definition) is 1. The van der Waals surface area contributed by atoms with Crippen LogP contribution in [0.5, 0.6) is 0 Å². The minimum Gasteiger partial charge on any atom is -0.356 e. The molecule has 1 aromatic heterocycles. The van der Waals surface area contributed by atoms with E-state index in [2.05, 4.69) is 41.1 Å². The van der Waals surface area contributed by atoms with Gasteiger partial charge in [-0.15, -0.1) is 24.0 Å². The Morgan fingerprint density at radius 1 is 1.32 bits per heavy atom. The topological polar surface area (TPSA) is 65.8 Å². The van der Waals surface area contributed by atoms with Crippen molar-refractivity contribution in [1.29, 1.82) is 0 Å². The highest BCUT2D eigenvalue weighted by atomic mass is 127. The number of nitrogens with one attached hydrogen (secondary N) is 1. The highest BCUT2D eigenvalue weighted by molar-refractivity contribution is 14.0. The Bertz CT molecular complexity index is 650. The first-order valence-corrected chi connectivity index (χ1v) is 8.57. The van der Waals surface area contributed by atoms with Gasteiger partial charge in [0.2, 0.25) is 5.91 Å². The van der Waals surface area contributed by atoms with Gasteiger partial charge in [0.05, 0.1) is 18.8 Å². The van der Waals surface area contributed by atoms with E-state index in [0.717, 1.165) is 31.2 Å². The van der Waals surface area contributed by atoms with Crippen LogP contribution in [-0.4, -0.2) is 63.7 Å². The fraction of sp³-hybridized carbons (Fsp3) is 0.706. The Kier molecular flexibility index (Phi) is 6.01. The zero-order chi connectivity index (χ0) is 17.5. The summed E-state index contributed by atoms with van der Waals surface area (Å²) in [6.45, 7) is 8.81. The van der Waals surface area contributed by atoms with Gasteiger partial charge in [0, 0.05) is 56.8 Å². The molecule has 2 atom stereocenters. The average Bonchev–Trinajstić information content (AvgIpc) is 3.15. The van der Waals surface area contributed by atoms with Gasteiger partial charge in [-0.25, -0.2) is 0 Å². The van der Waals surface area contributed by atoms with Crippen molar-refractivity contribution in [2.24, 2.45) is 18.0 Å². The standard InChI is InChI=1S/C17H28N6O.HI/c1-17(2,3)23-14(24)8-12(9-19-16-18-6-7-21(16)4)15(23)13-10-20-22(5)11-13;/h10-12,15H,6-9H2,1-5H3,(H,18,19);1H/t12-,15+;/m0./s1. The molecular weight excluding hydrogens is 431 g/mol. The van der Waals surface area contributed by atoms with E-state index in [1.54, 1.807) is 4.68 Å². The van der Waals surface area contributed by atoms with Gasteiger partial charge in [-0.3, -0.25) is 14.5 Å². The largest absolute Gasteiger partial charge is 0.356 e.